The maximum atomic E-state index is 11.7. The van der Waals surface area contributed by atoms with Crippen LogP contribution in [0.4, 0.5) is 0 Å². The molecule has 0 unspecified atom stereocenters. The van der Waals surface area contributed by atoms with Crippen LogP contribution in [0.3, 0.4) is 0 Å². The van der Waals surface area contributed by atoms with E-state index in [0.717, 1.165) is 38.8 Å². The quantitative estimate of drug-likeness (QED) is 0.812. The van der Waals surface area contributed by atoms with Crippen LogP contribution in [0.25, 0.3) is 0 Å². The van der Waals surface area contributed by atoms with Gasteiger partial charge in [0, 0.05) is 19.6 Å². The molecule has 1 heterocycles. The van der Waals surface area contributed by atoms with Gasteiger partial charge in [0.1, 0.15) is 0 Å². The largest absolute Gasteiger partial charge is 0.481 e. The van der Waals surface area contributed by atoms with Crippen LogP contribution in [0.15, 0.2) is 0 Å². The third-order valence-corrected chi connectivity index (χ3v) is 5.25. The Morgan fingerprint density at radius 1 is 1.30 bits per heavy atom. The van der Waals surface area contributed by atoms with Gasteiger partial charge in [-0.3, -0.25) is 4.79 Å². The van der Waals surface area contributed by atoms with Crippen molar-refractivity contribution in [1.82, 2.24) is 9.80 Å². The van der Waals surface area contributed by atoms with Crippen molar-refractivity contribution in [2.75, 3.05) is 39.8 Å². The van der Waals surface area contributed by atoms with Crippen molar-refractivity contribution in [2.45, 2.75) is 45.4 Å². The molecule has 0 aromatic rings. The Hall–Kier alpha value is -0.610. The molecular weight excluding hydrogens is 252 g/mol. The Morgan fingerprint density at radius 3 is 2.45 bits per heavy atom. The summed E-state index contributed by atoms with van der Waals surface area (Å²) in [5.41, 5.74) is -0.494. The molecule has 116 valence electrons. The number of nitrogens with zero attached hydrogens (tertiary/aromatic N) is 2. The molecule has 0 aromatic heterocycles. The Balaban J connectivity index is 1.82. The molecule has 2 rings (SSSR count). The van der Waals surface area contributed by atoms with E-state index in [1.807, 2.05) is 0 Å². The van der Waals surface area contributed by atoms with E-state index < -0.39 is 11.4 Å². The Bertz CT molecular complexity index is 318. The van der Waals surface area contributed by atoms with Crippen LogP contribution in [0.2, 0.25) is 0 Å². The second kappa shape index (κ2) is 6.90. The van der Waals surface area contributed by atoms with Crippen LogP contribution in [0, 0.1) is 11.3 Å². The van der Waals surface area contributed by atoms with E-state index >= 15 is 0 Å². The van der Waals surface area contributed by atoms with Crippen molar-refractivity contribution in [2.24, 2.45) is 11.3 Å². The van der Waals surface area contributed by atoms with Gasteiger partial charge in [0.25, 0.3) is 0 Å². The van der Waals surface area contributed by atoms with Gasteiger partial charge < -0.3 is 14.9 Å². The molecule has 4 heteroatoms. The highest BCUT2D eigenvalue weighted by Crippen LogP contribution is 2.39. The molecule has 0 aromatic carbocycles. The lowest BCUT2D eigenvalue weighted by molar-refractivity contribution is -0.153. The topological polar surface area (TPSA) is 43.8 Å². The standard InChI is InChI=1S/C16H30N2O2/c1-14-5-7-16(8-6-14,15(19)20)13-17(2)11-12-18-9-3-4-10-18/h14H,3-13H2,1-2H3,(H,19,20). The molecule has 0 atom stereocenters. The average Bonchev–Trinajstić information content (AvgIpc) is 2.92. The minimum absolute atomic E-state index is 0.494. The summed E-state index contributed by atoms with van der Waals surface area (Å²) in [5, 5.41) is 9.67. The third kappa shape index (κ3) is 3.95. The Labute approximate surface area is 123 Å². The fraction of sp³-hybridized carbons (Fsp3) is 0.938. The van der Waals surface area contributed by atoms with Gasteiger partial charge in [-0.15, -0.1) is 0 Å². The van der Waals surface area contributed by atoms with Crippen molar-refractivity contribution in [3.8, 4) is 0 Å². The van der Waals surface area contributed by atoms with Crippen LogP contribution < -0.4 is 0 Å². The lowest BCUT2D eigenvalue weighted by Gasteiger charge is -2.38. The monoisotopic (exact) mass is 282 g/mol. The maximum Gasteiger partial charge on any atom is 0.310 e. The van der Waals surface area contributed by atoms with E-state index in [1.165, 1.54) is 25.9 Å². The van der Waals surface area contributed by atoms with E-state index in [1.54, 1.807) is 0 Å². The molecule has 1 aliphatic carbocycles. The third-order valence-electron chi connectivity index (χ3n) is 5.25. The molecule has 0 spiro atoms. The SMILES string of the molecule is CC1CCC(CN(C)CCN2CCCC2)(C(=O)O)CC1. The first-order valence-electron chi connectivity index (χ1n) is 8.16. The molecule has 1 N–H and O–H groups in total. The minimum Gasteiger partial charge on any atom is -0.481 e. The fourth-order valence-electron chi connectivity index (χ4n) is 3.67. The van der Waals surface area contributed by atoms with E-state index in [4.69, 9.17) is 0 Å². The molecule has 0 amide bonds. The van der Waals surface area contributed by atoms with E-state index in [0.29, 0.717) is 12.5 Å². The highest BCUT2D eigenvalue weighted by molar-refractivity contribution is 5.75. The fourth-order valence-corrected chi connectivity index (χ4v) is 3.67. The summed E-state index contributed by atoms with van der Waals surface area (Å²) in [6.45, 7) is 7.46. The van der Waals surface area contributed by atoms with Crippen molar-refractivity contribution in [3.05, 3.63) is 0 Å². The summed E-state index contributed by atoms with van der Waals surface area (Å²) in [7, 11) is 2.08. The maximum absolute atomic E-state index is 11.7. The molecule has 0 bridgehead atoms. The van der Waals surface area contributed by atoms with Gasteiger partial charge in [0.15, 0.2) is 0 Å². The summed E-state index contributed by atoms with van der Waals surface area (Å²) < 4.78 is 0. The zero-order valence-corrected chi connectivity index (χ0v) is 13.1. The Morgan fingerprint density at radius 2 is 1.90 bits per heavy atom. The van der Waals surface area contributed by atoms with Gasteiger partial charge in [-0.1, -0.05) is 6.92 Å². The molecule has 2 aliphatic rings. The normalized spacial score (nSPS) is 31.9. The molecular formula is C16H30N2O2. The predicted molar refractivity (Wildman–Crippen MR) is 80.9 cm³/mol. The zero-order chi connectivity index (χ0) is 14.6. The highest BCUT2D eigenvalue weighted by atomic mass is 16.4. The van der Waals surface area contributed by atoms with Gasteiger partial charge in [-0.25, -0.2) is 0 Å². The van der Waals surface area contributed by atoms with Crippen molar-refractivity contribution >= 4 is 5.97 Å². The number of likely N-dealkylation sites (tertiary alicyclic amines) is 1. The second-order valence-electron chi connectivity index (χ2n) is 7.05. The van der Waals surface area contributed by atoms with Crippen LogP contribution >= 0.6 is 0 Å². The number of hydrogen-bond donors (Lipinski definition) is 1. The lowest BCUT2D eigenvalue weighted by atomic mass is 9.70. The van der Waals surface area contributed by atoms with Crippen molar-refractivity contribution in [3.63, 3.8) is 0 Å². The summed E-state index contributed by atoms with van der Waals surface area (Å²) in [4.78, 5) is 16.5. The van der Waals surface area contributed by atoms with Crippen LogP contribution in [-0.4, -0.2) is 60.6 Å². The Kier molecular flexibility index (Phi) is 5.44. The van der Waals surface area contributed by atoms with Gasteiger partial charge in [-0.2, -0.15) is 0 Å². The van der Waals surface area contributed by atoms with Gasteiger partial charge >= 0.3 is 5.97 Å². The first-order valence-corrected chi connectivity index (χ1v) is 8.16. The molecule has 1 saturated heterocycles. The number of carbonyl (C=O) groups is 1. The summed E-state index contributed by atoms with van der Waals surface area (Å²) >= 11 is 0. The van der Waals surface area contributed by atoms with Gasteiger partial charge in [0.2, 0.25) is 0 Å². The first kappa shape index (κ1) is 15.8. The highest BCUT2D eigenvalue weighted by Gasteiger charge is 2.41. The second-order valence-corrected chi connectivity index (χ2v) is 7.05. The molecule has 2 fully saturated rings. The van der Waals surface area contributed by atoms with Gasteiger partial charge in [0.05, 0.1) is 5.41 Å². The number of hydrogen-bond acceptors (Lipinski definition) is 3. The average molecular weight is 282 g/mol. The summed E-state index contributed by atoms with van der Waals surface area (Å²) in [5.74, 6) is 0.106. The minimum atomic E-state index is -0.586. The summed E-state index contributed by atoms with van der Waals surface area (Å²) in [6, 6.07) is 0. The zero-order valence-electron chi connectivity index (χ0n) is 13.1. The van der Waals surface area contributed by atoms with Crippen LogP contribution in [0.1, 0.15) is 45.4 Å². The molecule has 20 heavy (non-hydrogen) atoms. The van der Waals surface area contributed by atoms with Crippen molar-refractivity contribution in [1.29, 1.82) is 0 Å². The number of aliphatic carboxylic acids is 1. The molecule has 1 saturated carbocycles. The predicted octanol–water partition coefficient (Wildman–Crippen LogP) is 2.30. The lowest BCUT2D eigenvalue weighted by Crippen LogP contribution is -2.45. The number of carboxylic acid groups (broad SMARTS) is 1. The molecule has 4 nitrogen and oxygen atoms in total. The van der Waals surface area contributed by atoms with Crippen LogP contribution in [-0.2, 0) is 4.79 Å². The molecule has 0 radical (unpaired) electrons. The number of likely N-dealkylation sites (N-methyl/N-ethyl adjacent to an activating group) is 1. The van der Waals surface area contributed by atoms with E-state index in [9.17, 15) is 9.90 Å². The first-order chi connectivity index (χ1) is 9.52. The van der Waals surface area contributed by atoms with Gasteiger partial charge in [-0.05, 0) is 64.6 Å². The van der Waals surface area contributed by atoms with E-state index in [2.05, 4.69) is 23.8 Å². The summed E-state index contributed by atoms with van der Waals surface area (Å²) in [6.07, 6.45) is 6.45. The van der Waals surface area contributed by atoms with Crippen LogP contribution in [0.5, 0.6) is 0 Å². The van der Waals surface area contributed by atoms with Crippen molar-refractivity contribution < 1.29 is 9.90 Å². The number of carboxylic acids is 1. The smallest absolute Gasteiger partial charge is 0.310 e. The van der Waals surface area contributed by atoms with E-state index in [-0.39, 0.29) is 0 Å². The molecule has 1 aliphatic heterocycles. The number of rotatable bonds is 6.